The number of methoxy groups -OCH3 is 2. The molecule has 0 bridgehead atoms. The van der Waals surface area contributed by atoms with Gasteiger partial charge in [-0.2, -0.15) is 0 Å². The number of nitrogens with zero attached hydrogens (tertiary/aromatic N) is 1. The van der Waals surface area contributed by atoms with E-state index in [1.807, 2.05) is 11.9 Å². The summed E-state index contributed by atoms with van der Waals surface area (Å²) in [5.41, 5.74) is 0.644. The van der Waals surface area contributed by atoms with E-state index in [4.69, 9.17) is 9.47 Å². The Balaban J connectivity index is 0.00000220. The monoisotopic (exact) mass is 314 g/mol. The van der Waals surface area contributed by atoms with Crippen molar-refractivity contribution < 1.29 is 14.3 Å². The SMILES string of the molecule is CNCC1CCCN1C(=O)c1ccc(OC)c(OC)c1.Cl. The summed E-state index contributed by atoms with van der Waals surface area (Å²) in [5.74, 6) is 1.28. The first-order valence-electron chi connectivity index (χ1n) is 6.88. The number of hydrogen-bond acceptors (Lipinski definition) is 4. The maximum Gasteiger partial charge on any atom is 0.254 e. The van der Waals surface area contributed by atoms with Crippen LogP contribution in [0.3, 0.4) is 0 Å². The van der Waals surface area contributed by atoms with Crippen LogP contribution < -0.4 is 14.8 Å². The summed E-state index contributed by atoms with van der Waals surface area (Å²) >= 11 is 0. The molecule has 5 nitrogen and oxygen atoms in total. The average molecular weight is 315 g/mol. The molecular weight excluding hydrogens is 292 g/mol. The van der Waals surface area contributed by atoms with E-state index in [-0.39, 0.29) is 24.4 Å². The number of rotatable bonds is 5. The summed E-state index contributed by atoms with van der Waals surface area (Å²) in [6, 6.07) is 5.59. The summed E-state index contributed by atoms with van der Waals surface area (Å²) < 4.78 is 10.5. The molecule has 0 saturated carbocycles. The molecule has 1 fully saturated rings. The highest BCUT2D eigenvalue weighted by Gasteiger charge is 2.29. The van der Waals surface area contributed by atoms with Crippen LogP contribution in [0.5, 0.6) is 11.5 Å². The normalized spacial score (nSPS) is 17.3. The van der Waals surface area contributed by atoms with Crippen molar-refractivity contribution in [1.82, 2.24) is 10.2 Å². The van der Waals surface area contributed by atoms with Crippen molar-refractivity contribution in [1.29, 1.82) is 0 Å². The van der Waals surface area contributed by atoms with Crippen LogP contribution in [0, 0.1) is 0 Å². The van der Waals surface area contributed by atoms with Crippen LogP contribution in [0.2, 0.25) is 0 Å². The Bertz CT molecular complexity index is 482. The number of likely N-dealkylation sites (tertiary alicyclic amines) is 1. The molecule has 1 saturated heterocycles. The third kappa shape index (κ3) is 3.80. The first-order chi connectivity index (χ1) is 9.71. The van der Waals surface area contributed by atoms with E-state index in [9.17, 15) is 4.79 Å². The third-order valence-corrected chi connectivity index (χ3v) is 3.71. The van der Waals surface area contributed by atoms with Gasteiger partial charge in [0.2, 0.25) is 0 Å². The maximum atomic E-state index is 12.6. The number of nitrogens with one attached hydrogen (secondary N) is 1. The van der Waals surface area contributed by atoms with Crippen LogP contribution in [0.4, 0.5) is 0 Å². The summed E-state index contributed by atoms with van der Waals surface area (Å²) in [5, 5.41) is 3.15. The molecule has 1 heterocycles. The molecule has 6 heteroatoms. The molecule has 1 aliphatic rings. The standard InChI is InChI=1S/C15H22N2O3.ClH/c1-16-10-12-5-4-8-17(12)15(18)11-6-7-13(19-2)14(9-11)20-3;/h6-7,9,12,16H,4-5,8,10H2,1-3H3;1H. The van der Waals surface area contributed by atoms with E-state index in [2.05, 4.69) is 5.32 Å². The number of carbonyl (C=O) groups excluding carboxylic acids is 1. The second-order valence-electron chi connectivity index (χ2n) is 4.92. The summed E-state index contributed by atoms with van der Waals surface area (Å²) in [4.78, 5) is 14.5. The maximum absolute atomic E-state index is 12.6. The predicted octanol–water partition coefficient (Wildman–Crippen LogP) is 1.95. The van der Waals surface area contributed by atoms with Gasteiger partial charge in [-0.1, -0.05) is 0 Å². The molecule has 0 aliphatic carbocycles. The molecule has 1 amide bonds. The van der Waals surface area contributed by atoms with Gasteiger partial charge in [0.1, 0.15) is 0 Å². The van der Waals surface area contributed by atoms with Crippen molar-refractivity contribution in [3.63, 3.8) is 0 Å². The Morgan fingerprint density at radius 3 is 2.67 bits per heavy atom. The van der Waals surface area contributed by atoms with Gasteiger partial charge in [-0.3, -0.25) is 4.79 Å². The van der Waals surface area contributed by atoms with E-state index in [0.29, 0.717) is 17.1 Å². The quantitative estimate of drug-likeness (QED) is 0.902. The number of amides is 1. The number of carbonyl (C=O) groups is 1. The van der Waals surface area contributed by atoms with Gasteiger partial charge in [-0.15, -0.1) is 12.4 Å². The fourth-order valence-corrected chi connectivity index (χ4v) is 2.69. The Hall–Kier alpha value is -1.46. The number of benzene rings is 1. The predicted molar refractivity (Wildman–Crippen MR) is 84.8 cm³/mol. The highest BCUT2D eigenvalue weighted by Crippen LogP contribution is 2.29. The Kier molecular flexibility index (Phi) is 6.78. The lowest BCUT2D eigenvalue weighted by Crippen LogP contribution is -2.40. The summed E-state index contributed by atoms with van der Waals surface area (Å²) in [6.07, 6.45) is 2.12. The fourth-order valence-electron chi connectivity index (χ4n) is 2.69. The van der Waals surface area contributed by atoms with Crippen molar-refractivity contribution in [2.24, 2.45) is 0 Å². The fraction of sp³-hybridized carbons (Fsp3) is 0.533. The van der Waals surface area contributed by atoms with Crippen LogP contribution in [0.25, 0.3) is 0 Å². The lowest BCUT2D eigenvalue weighted by atomic mass is 10.1. The second kappa shape index (κ2) is 8.10. The van der Waals surface area contributed by atoms with Gasteiger partial charge in [0.05, 0.1) is 14.2 Å². The largest absolute Gasteiger partial charge is 0.493 e. The van der Waals surface area contributed by atoms with Crippen molar-refractivity contribution in [3.05, 3.63) is 23.8 Å². The van der Waals surface area contributed by atoms with Crippen LogP contribution in [-0.4, -0.2) is 51.2 Å². The third-order valence-electron chi connectivity index (χ3n) is 3.71. The Labute approximate surface area is 132 Å². The van der Waals surface area contributed by atoms with Gasteiger partial charge in [0, 0.05) is 24.7 Å². The van der Waals surface area contributed by atoms with Crippen molar-refractivity contribution >= 4 is 18.3 Å². The van der Waals surface area contributed by atoms with Crippen LogP contribution >= 0.6 is 12.4 Å². The van der Waals surface area contributed by atoms with E-state index in [1.165, 1.54) is 0 Å². The molecule has 1 atom stereocenters. The van der Waals surface area contributed by atoms with Crippen molar-refractivity contribution in [3.8, 4) is 11.5 Å². The summed E-state index contributed by atoms with van der Waals surface area (Å²) in [6.45, 7) is 1.65. The first kappa shape index (κ1) is 17.6. The van der Waals surface area contributed by atoms with E-state index in [0.717, 1.165) is 25.9 Å². The van der Waals surface area contributed by atoms with E-state index >= 15 is 0 Å². The van der Waals surface area contributed by atoms with Gasteiger partial charge in [0.15, 0.2) is 11.5 Å². The molecule has 1 N–H and O–H groups in total. The Morgan fingerprint density at radius 2 is 2.05 bits per heavy atom. The molecule has 1 aliphatic heterocycles. The average Bonchev–Trinajstić information content (AvgIpc) is 2.94. The minimum atomic E-state index is 0. The zero-order valence-electron chi connectivity index (χ0n) is 12.7. The highest BCUT2D eigenvalue weighted by molar-refractivity contribution is 5.95. The smallest absolute Gasteiger partial charge is 0.254 e. The molecule has 0 spiro atoms. The minimum absolute atomic E-state index is 0. The molecule has 118 valence electrons. The van der Waals surface area contributed by atoms with E-state index in [1.54, 1.807) is 32.4 Å². The van der Waals surface area contributed by atoms with Crippen LogP contribution in [-0.2, 0) is 0 Å². The zero-order valence-corrected chi connectivity index (χ0v) is 13.5. The topological polar surface area (TPSA) is 50.8 Å². The van der Waals surface area contributed by atoms with Crippen LogP contribution in [0.1, 0.15) is 23.2 Å². The van der Waals surface area contributed by atoms with E-state index < -0.39 is 0 Å². The molecule has 21 heavy (non-hydrogen) atoms. The van der Waals surface area contributed by atoms with Gasteiger partial charge < -0.3 is 19.7 Å². The summed E-state index contributed by atoms with van der Waals surface area (Å²) in [7, 11) is 5.08. The molecule has 1 unspecified atom stereocenters. The lowest BCUT2D eigenvalue weighted by molar-refractivity contribution is 0.0736. The number of hydrogen-bond donors (Lipinski definition) is 1. The minimum Gasteiger partial charge on any atom is -0.493 e. The van der Waals surface area contributed by atoms with Gasteiger partial charge in [-0.25, -0.2) is 0 Å². The Morgan fingerprint density at radius 1 is 1.33 bits per heavy atom. The molecule has 1 aromatic rings. The highest BCUT2D eigenvalue weighted by atomic mass is 35.5. The zero-order chi connectivity index (χ0) is 14.5. The molecule has 2 rings (SSSR count). The van der Waals surface area contributed by atoms with Crippen molar-refractivity contribution in [2.75, 3.05) is 34.4 Å². The van der Waals surface area contributed by atoms with Gasteiger partial charge in [-0.05, 0) is 38.1 Å². The molecule has 0 radical (unpaired) electrons. The number of ether oxygens (including phenoxy) is 2. The number of likely N-dealkylation sites (N-methyl/N-ethyl adjacent to an activating group) is 1. The van der Waals surface area contributed by atoms with Crippen LogP contribution in [0.15, 0.2) is 18.2 Å². The molecular formula is C15H23ClN2O3. The van der Waals surface area contributed by atoms with Gasteiger partial charge >= 0.3 is 0 Å². The number of halogens is 1. The molecule has 1 aromatic carbocycles. The molecule has 0 aromatic heterocycles. The lowest BCUT2D eigenvalue weighted by Gasteiger charge is -2.25. The first-order valence-corrected chi connectivity index (χ1v) is 6.88. The second-order valence-corrected chi connectivity index (χ2v) is 4.92. The van der Waals surface area contributed by atoms with Crippen molar-refractivity contribution in [2.45, 2.75) is 18.9 Å². The van der Waals surface area contributed by atoms with Gasteiger partial charge in [0.25, 0.3) is 5.91 Å².